The fourth-order valence-electron chi connectivity index (χ4n) is 1.23. The Morgan fingerprint density at radius 2 is 2.29 bits per heavy atom. The minimum Gasteiger partial charge on any atom is -0.478 e. The zero-order valence-electron chi connectivity index (χ0n) is 8.81. The number of benzene rings is 1. The van der Waals surface area contributed by atoms with Crippen molar-refractivity contribution in [3.63, 3.8) is 0 Å². The minimum atomic E-state index is -0.969. The number of aromatic nitrogens is 1. The molecule has 2 rings (SSSR count). The maximum absolute atomic E-state index is 11.0. The summed E-state index contributed by atoms with van der Waals surface area (Å²) in [5, 5.41) is 9.49. The molecule has 1 aromatic carbocycles. The van der Waals surface area contributed by atoms with Crippen molar-refractivity contribution < 1.29 is 14.3 Å². The van der Waals surface area contributed by atoms with Crippen LogP contribution in [0.2, 0.25) is 0 Å². The molecule has 1 heterocycles. The number of hydrogen-bond donors (Lipinski definition) is 1. The van der Waals surface area contributed by atoms with E-state index in [0.29, 0.717) is 10.1 Å². The third-order valence-electron chi connectivity index (χ3n) is 1.97. The number of carboxylic acids is 1. The molecule has 1 N–H and O–H groups in total. The predicted octanol–water partition coefficient (Wildman–Crippen LogP) is 3.59. The Kier molecular flexibility index (Phi) is 3.54. The highest BCUT2D eigenvalue weighted by Gasteiger charge is 2.13. The van der Waals surface area contributed by atoms with Crippen LogP contribution in [-0.2, 0) is 0 Å². The molecule has 1 aromatic heterocycles. The van der Waals surface area contributed by atoms with Crippen LogP contribution in [0.3, 0.4) is 0 Å². The Labute approximate surface area is 110 Å². The average Bonchev–Trinajstić information content (AvgIpc) is 2.63. The quantitative estimate of drug-likeness (QED) is 0.938. The Hall–Kier alpha value is -1.27. The first kappa shape index (κ1) is 12.2. The summed E-state index contributed by atoms with van der Waals surface area (Å²) in [6.45, 7) is 1.81. The van der Waals surface area contributed by atoms with Gasteiger partial charge in [0.1, 0.15) is 6.26 Å². The molecule has 2 aromatic rings. The van der Waals surface area contributed by atoms with E-state index < -0.39 is 5.97 Å². The molecule has 0 aliphatic rings. The second-order valence-electron chi connectivity index (χ2n) is 3.30. The largest absolute Gasteiger partial charge is 0.478 e. The number of carboxylic acid groups (broad SMARTS) is 1. The lowest BCUT2D eigenvalue weighted by Gasteiger charge is -2.03. The molecule has 0 bridgehead atoms. The fourth-order valence-corrected chi connectivity index (χ4v) is 2.67. The SMILES string of the molecule is Cc1coc(Sc2cc(Br)ccc2C(=O)O)n1. The van der Waals surface area contributed by atoms with E-state index in [0.717, 1.165) is 10.2 Å². The standard InChI is InChI=1S/C11H8BrNO3S/c1-6-5-16-11(13-6)17-9-4-7(12)2-3-8(9)10(14)15/h2-5H,1H3,(H,14,15). The topological polar surface area (TPSA) is 63.3 Å². The van der Waals surface area contributed by atoms with Crippen molar-refractivity contribution in [3.05, 3.63) is 40.2 Å². The van der Waals surface area contributed by atoms with Crippen LogP contribution in [0, 0.1) is 6.92 Å². The van der Waals surface area contributed by atoms with Crippen molar-refractivity contribution in [2.24, 2.45) is 0 Å². The van der Waals surface area contributed by atoms with Crippen LogP contribution in [-0.4, -0.2) is 16.1 Å². The van der Waals surface area contributed by atoms with Crippen molar-refractivity contribution in [2.45, 2.75) is 17.0 Å². The predicted molar refractivity (Wildman–Crippen MR) is 66.5 cm³/mol. The number of aryl methyl sites for hydroxylation is 1. The van der Waals surface area contributed by atoms with Gasteiger partial charge in [-0.05, 0) is 36.9 Å². The number of carbonyl (C=O) groups is 1. The summed E-state index contributed by atoms with van der Waals surface area (Å²) in [5.41, 5.74) is 0.994. The average molecular weight is 314 g/mol. The van der Waals surface area contributed by atoms with Gasteiger partial charge in [-0.25, -0.2) is 9.78 Å². The first-order valence-corrected chi connectivity index (χ1v) is 6.30. The number of nitrogens with zero attached hydrogens (tertiary/aromatic N) is 1. The summed E-state index contributed by atoms with van der Waals surface area (Å²) in [6, 6.07) is 4.96. The third-order valence-corrected chi connectivity index (χ3v) is 3.38. The van der Waals surface area contributed by atoms with E-state index in [4.69, 9.17) is 9.52 Å². The molecule has 0 saturated carbocycles. The fraction of sp³-hybridized carbons (Fsp3) is 0.0909. The molecule has 0 atom stereocenters. The van der Waals surface area contributed by atoms with E-state index in [-0.39, 0.29) is 5.56 Å². The number of rotatable bonds is 3. The number of halogens is 1. The minimum absolute atomic E-state index is 0.231. The molecule has 0 amide bonds. The lowest BCUT2D eigenvalue weighted by molar-refractivity contribution is 0.0693. The Morgan fingerprint density at radius 3 is 2.88 bits per heavy atom. The van der Waals surface area contributed by atoms with Crippen molar-refractivity contribution in [1.29, 1.82) is 0 Å². The number of aromatic carboxylic acids is 1. The number of hydrogen-bond acceptors (Lipinski definition) is 4. The molecule has 6 heteroatoms. The van der Waals surface area contributed by atoms with Crippen LogP contribution in [0.4, 0.5) is 0 Å². The molecule has 0 radical (unpaired) electrons. The first-order valence-electron chi connectivity index (χ1n) is 4.69. The van der Waals surface area contributed by atoms with Gasteiger partial charge in [0.25, 0.3) is 5.22 Å². The van der Waals surface area contributed by atoms with E-state index in [9.17, 15) is 4.79 Å². The summed E-state index contributed by atoms with van der Waals surface area (Å²) in [7, 11) is 0. The maximum atomic E-state index is 11.0. The highest BCUT2D eigenvalue weighted by molar-refractivity contribution is 9.10. The monoisotopic (exact) mass is 313 g/mol. The second kappa shape index (κ2) is 4.93. The van der Waals surface area contributed by atoms with Crippen LogP contribution >= 0.6 is 27.7 Å². The van der Waals surface area contributed by atoms with Crippen molar-refractivity contribution in [1.82, 2.24) is 4.98 Å². The van der Waals surface area contributed by atoms with Crippen molar-refractivity contribution in [2.75, 3.05) is 0 Å². The van der Waals surface area contributed by atoms with Gasteiger partial charge < -0.3 is 9.52 Å². The smallest absolute Gasteiger partial charge is 0.336 e. The van der Waals surface area contributed by atoms with Gasteiger partial charge in [0.15, 0.2) is 0 Å². The number of oxazole rings is 1. The Bertz CT molecular complexity index is 568. The van der Waals surface area contributed by atoms with Gasteiger partial charge >= 0.3 is 5.97 Å². The Balaban J connectivity index is 2.37. The van der Waals surface area contributed by atoms with Gasteiger partial charge in [-0.2, -0.15) is 0 Å². The summed E-state index contributed by atoms with van der Waals surface area (Å²) < 4.78 is 6.00. The van der Waals surface area contributed by atoms with Crippen LogP contribution < -0.4 is 0 Å². The molecule has 0 unspecified atom stereocenters. The maximum Gasteiger partial charge on any atom is 0.336 e. The molecule has 0 fully saturated rings. The molecule has 4 nitrogen and oxygen atoms in total. The second-order valence-corrected chi connectivity index (χ2v) is 5.21. The molecular formula is C11H8BrNO3S. The van der Waals surface area contributed by atoms with Gasteiger partial charge in [0.2, 0.25) is 0 Å². The highest BCUT2D eigenvalue weighted by atomic mass is 79.9. The van der Waals surface area contributed by atoms with E-state index in [1.54, 1.807) is 18.2 Å². The first-order chi connectivity index (χ1) is 8.06. The molecule has 17 heavy (non-hydrogen) atoms. The molecular weight excluding hydrogens is 306 g/mol. The zero-order chi connectivity index (χ0) is 12.4. The van der Waals surface area contributed by atoms with Crippen LogP contribution in [0.5, 0.6) is 0 Å². The van der Waals surface area contributed by atoms with Gasteiger partial charge in [-0.3, -0.25) is 0 Å². The van der Waals surface area contributed by atoms with Gasteiger partial charge in [0, 0.05) is 9.37 Å². The normalized spacial score (nSPS) is 10.5. The van der Waals surface area contributed by atoms with Gasteiger partial charge in [-0.1, -0.05) is 15.9 Å². The summed E-state index contributed by atoms with van der Waals surface area (Å²) in [4.78, 5) is 15.8. The summed E-state index contributed by atoms with van der Waals surface area (Å²) >= 11 is 4.50. The molecule has 0 aliphatic carbocycles. The zero-order valence-corrected chi connectivity index (χ0v) is 11.2. The molecule has 0 aliphatic heterocycles. The van der Waals surface area contributed by atoms with Crippen molar-refractivity contribution >= 4 is 33.7 Å². The molecule has 0 spiro atoms. The lowest BCUT2D eigenvalue weighted by atomic mass is 10.2. The highest BCUT2D eigenvalue weighted by Crippen LogP contribution is 2.32. The Morgan fingerprint density at radius 1 is 1.53 bits per heavy atom. The molecule has 0 saturated heterocycles. The molecule has 88 valence electrons. The van der Waals surface area contributed by atoms with Crippen LogP contribution in [0.25, 0.3) is 0 Å². The summed E-state index contributed by atoms with van der Waals surface area (Å²) in [5.74, 6) is -0.969. The summed E-state index contributed by atoms with van der Waals surface area (Å²) in [6.07, 6.45) is 1.53. The van der Waals surface area contributed by atoms with E-state index in [2.05, 4.69) is 20.9 Å². The van der Waals surface area contributed by atoms with E-state index in [1.165, 1.54) is 18.0 Å². The van der Waals surface area contributed by atoms with Crippen molar-refractivity contribution in [3.8, 4) is 0 Å². The van der Waals surface area contributed by atoms with Gasteiger partial charge in [-0.15, -0.1) is 0 Å². The lowest BCUT2D eigenvalue weighted by Crippen LogP contribution is -1.98. The third kappa shape index (κ3) is 2.89. The van der Waals surface area contributed by atoms with Crippen LogP contribution in [0.15, 0.2) is 43.5 Å². The van der Waals surface area contributed by atoms with Crippen LogP contribution in [0.1, 0.15) is 16.1 Å². The van der Waals surface area contributed by atoms with E-state index in [1.807, 2.05) is 6.92 Å². The van der Waals surface area contributed by atoms with Gasteiger partial charge in [0.05, 0.1) is 11.3 Å². The van der Waals surface area contributed by atoms with E-state index >= 15 is 0 Å².